The largest absolute Gasteiger partial charge is 0.485 e. The third-order valence-electron chi connectivity index (χ3n) is 3.04. The van der Waals surface area contributed by atoms with E-state index in [-0.39, 0.29) is 16.5 Å². The molecule has 0 aliphatic rings. The summed E-state index contributed by atoms with van der Waals surface area (Å²) in [6.07, 6.45) is -3.86. The summed E-state index contributed by atoms with van der Waals surface area (Å²) < 4.78 is 56.0. The Labute approximate surface area is 154 Å². The van der Waals surface area contributed by atoms with Crippen LogP contribution in [0.5, 0.6) is 5.75 Å². The average Bonchev–Trinajstić information content (AvgIpc) is 2.54. The molecule has 0 unspecified atom stereocenters. The van der Waals surface area contributed by atoms with Gasteiger partial charge < -0.3 is 10.1 Å². The Balaban J connectivity index is 2.18. The monoisotopic (exact) mass is 439 g/mol. The number of amides is 1. The lowest BCUT2D eigenvalue weighted by Crippen LogP contribution is -2.33. The third-order valence-corrected chi connectivity index (χ3v) is 3.80. The van der Waals surface area contributed by atoms with Gasteiger partial charge in [0.25, 0.3) is 5.91 Å². The Morgan fingerprint density at radius 1 is 1.20 bits per heavy atom. The van der Waals surface area contributed by atoms with Crippen LogP contribution in [0.2, 0.25) is 5.02 Å². The van der Waals surface area contributed by atoms with Crippen molar-refractivity contribution in [2.75, 3.05) is 11.9 Å². The SMILES string of the molecule is O=C(Nc1cc(Cl)ccc1OCC(F)(F)C(F)F)c1ccc(Br)cc1. The zero-order valence-electron chi connectivity index (χ0n) is 12.4. The van der Waals surface area contributed by atoms with Crippen LogP contribution >= 0.6 is 27.5 Å². The van der Waals surface area contributed by atoms with Gasteiger partial charge in [0.1, 0.15) is 5.75 Å². The fraction of sp³-hybridized carbons (Fsp3) is 0.188. The van der Waals surface area contributed by atoms with Gasteiger partial charge in [0.05, 0.1) is 5.69 Å². The molecule has 0 spiro atoms. The van der Waals surface area contributed by atoms with Crippen molar-refractivity contribution < 1.29 is 27.1 Å². The molecular weight excluding hydrogens is 430 g/mol. The van der Waals surface area contributed by atoms with Crippen LogP contribution in [0.25, 0.3) is 0 Å². The topological polar surface area (TPSA) is 38.3 Å². The van der Waals surface area contributed by atoms with E-state index < -0.39 is 24.9 Å². The molecule has 25 heavy (non-hydrogen) atoms. The smallest absolute Gasteiger partial charge is 0.340 e. The van der Waals surface area contributed by atoms with E-state index in [0.717, 1.165) is 4.47 Å². The highest BCUT2D eigenvalue weighted by Gasteiger charge is 2.41. The molecular formula is C16H11BrClF4NO2. The van der Waals surface area contributed by atoms with Crippen LogP contribution in [0.15, 0.2) is 46.9 Å². The summed E-state index contributed by atoms with van der Waals surface area (Å²) in [5.41, 5.74) is 0.289. The van der Waals surface area contributed by atoms with E-state index in [1.54, 1.807) is 12.1 Å². The van der Waals surface area contributed by atoms with E-state index in [9.17, 15) is 22.4 Å². The maximum atomic E-state index is 13.0. The van der Waals surface area contributed by atoms with Crippen LogP contribution in [-0.2, 0) is 0 Å². The molecule has 134 valence electrons. The zero-order valence-corrected chi connectivity index (χ0v) is 14.8. The fourth-order valence-electron chi connectivity index (χ4n) is 1.76. The van der Waals surface area contributed by atoms with Gasteiger partial charge in [0.2, 0.25) is 0 Å². The highest BCUT2D eigenvalue weighted by molar-refractivity contribution is 9.10. The van der Waals surface area contributed by atoms with E-state index in [1.807, 2.05) is 0 Å². The van der Waals surface area contributed by atoms with Crippen molar-refractivity contribution in [3.8, 4) is 5.75 Å². The number of hydrogen-bond donors (Lipinski definition) is 1. The number of nitrogens with one attached hydrogen (secondary N) is 1. The second kappa shape index (κ2) is 8.05. The van der Waals surface area contributed by atoms with Crippen molar-refractivity contribution in [2.45, 2.75) is 12.3 Å². The van der Waals surface area contributed by atoms with Crippen molar-refractivity contribution >= 4 is 39.1 Å². The Hall–Kier alpha value is -1.80. The first-order chi connectivity index (χ1) is 11.7. The van der Waals surface area contributed by atoms with Crippen LogP contribution < -0.4 is 10.1 Å². The molecule has 9 heteroatoms. The van der Waals surface area contributed by atoms with E-state index >= 15 is 0 Å². The van der Waals surface area contributed by atoms with Gasteiger partial charge in [-0.3, -0.25) is 4.79 Å². The quantitative estimate of drug-likeness (QED) is 0.591. The first kappa shape index (κ1) is 19.5. The molecule has 0 aliphatic heterocycles. The summed E-state index contributed by atoms with van der Waals surface area (Å²) in [4.78, 5) is 12.2. The summed E-state index contributed by atoms with van der Waals surface area (Å²) in [6.45, 7) is -1.53. The molecule has 2 aromatic carbocycles. The van der Waals surface area contributed by atoms with E-state index in [2.05, 4.69) is 21.2 Å². The van der Waals surface area contributed by atoms with E-state index in [0.29, 0.717) is 5.56 Å². The molecule has 0 fully saturated rings. The molecule has 0 aromatic heterocycles. The van der Waals surface area contributed by atoms with Gasteiger partial charge in [0.15, 0.2) is 6.61 Å². The average molecular weight is 441 g/mol. The standard InChI is InChI=1S/C16H11BrClF4NO2/c17-10-3-1-9(2-4-10)14(24)23-12-7-11(18)5-6-13(12)25-8-16(21,22)15(19)20/h1-7,15H,8H2,(H,23,24). The predicted molar refractivity (Wildman–Crippen MR) is 90.0 cm³/mol. The van der Waals surface area contributed by atoms with E-state index in [1.165, 1.54) is 30.3 Å². The minimum absolute atomic E-state index is 0.00881. The number of alkyl halides is 4. The minimum Gasteiger partial charge on any atom is -0.485 e. The van der Waals surface area contributed by atoms with Crippen molar-refractivity contribution in [3.05, 3.63) is 57.5 Å². The van der Waals surface area contributed by atoms with Gasteiger partial charge in [0, 0.05) is 15.1 Å². The van der Waals surface area contributed by atoms with E-state index in [4.69, 9.17) is 16.3 Å². The lowest BCUT2D eigenvalue weighted by Gasteiger charge is -2.18. The Morgan fingerprint density at radius 2 is 1.84 bits per heavy atom. The zero-order chi connectivity index (χ0) is 18.6. The molecule has 0 atom stereocenters. The molecule has 3 nitrogen and oxygen atoms in total. The number of hydrogen-bond acceptors (Lipinski definition) is 2. The lowest BCUT2D eigenvalue weighted by atomic mass is 10.2. The summed E-state index contributed by atoms with van der Waals surface area (Å²) in [6, 6.07) is 10.2. The van der Waals surface area contributed by atoms with Gasteiger partial charge in [-0.2, -0.15) is 8.78 Å². The maximum Gasteiger partial charge on any atom is 0.340 e. The third kappa shape index (κ3) is 5.34. The first-order valence-electron chi connectivity index (χ1n) is 6.84. The second-order valence-corrected chi connectivity index (χ2v) is 6.30. The maximum absolute atomic E-state index is 13.0. The molecule has 0 bridgehead atoms. The van der Waals surface area contributed by atoms with Crippen LogP contribution in [0, 0.1) is 0 Å². The van der Waals surface area contributed by atoms with Gasteiger partial charge in [-0.15, -0.1) is 0 Å². The predicted octanol–water partition coefficient (Wildman–Crippen LogP) is 5.63. The molecule has 1 amide bonds. The number of rotatable bonds is 6. The van der Waals surface area contributed by atoms with Crippen LogP contribution in [-0.4, -0.2) is 24.9 Å². The number of benzene rings is 2. The molecule has 1 N–H and O–H groups in total. The van der Waals surface area contributed by atoms with Crippen molar-refractivity contribution in [1.82, 2.24) is 0 Å². The summed E-state index contributed by atoms with van der Waals surface area (Å²) in [5.74, 6) is -5.05. The highest BCUT2D eigenvalue weighted by atomic mass is 79.9. The number of carbonyl (C=O) groups excluding carboxylic acids is 1. The number of halogens is 6. The van der Waals surface area contributed by atoms with Gasteiger partial charge in [-0.1, -0.05) is 27.5 Å². The van der Waals surface area contributed by atoms with Gasteiger partial charge in [-0.25, -0.2) is 8.78 Å². The molecule has 0 saturated heterocycles. The summed E-state index contributed by atoms with van der Waals surface area (Å²) in [5, 5.41) is 2.66. The van der Waals surface area contributed by atoms with Crippen molar-refractivity contribution in [3.63, 3.8) is 0 Å². The van der Waals surface area contributed by atoms with Crippen molar-refractivity contribution in [2.24, 2.45) is 0 Å². The number of carbonyl (C=O) groups is 1. The highest BCUT2D eigenvalue weighted by Crippen LogP contribution is 2.31. The van der Waals surface area contributed by atoms with Crippen molar-refractivity contribution in [1.29, 1.82) is 0 Å². The lowest BCUT2D eigenvalue weighted by molar-refractivity contribution is -0.148. The molecule has 0 aliphatic carbocycles. The van der Waals surface area contributed by atoms with Crippen LogP contribution in [0.3, 0.4) is 0 Å². The summed E-state index contributed by atoms with van der Waals surface area (Å²) >= 11 is 9.06. The Bertz CT molecular complexity index is 756. The fourth-order valence-corrected chi connectivity index (χ4v) is 2.19. The normalized spacial score (nSPS) is 11.5. The minimum atomic E-state index is -4.31. The number of anilines is 1. The Morgan fingerprint density at radius 3 is 2.44 bits per heavy atom. The number of ether oxygens (including phenoxy) is 1. The van der Waals surface area contributed by atoms with Gasteiger partial charge in [-0.05, 0) is 42.5 Å². The van der Waals surface area contributed by atoms with Crippen LogP contribution in [0.1, 0.15) is 10.4 Å². The second-order valence-electron chi connectivity index (χ2n) is 4.95. The molecule has 0 radical (unpaired) electrons. The molecule has 0 heterocycles. The Kier molecular flexibility index (Phi) is 6.29. The summed E-state index contributed by atoms with van der Waals surface area (Å²) in [7, 11) is 0. The van der Waals surface area contributed by atoms with Crippen LogP contribution in [0.4, 0.5) is 23.2 Å². The molecule has 2 aromatic rings. The molecule has 0 saturated carbocycles. The van der Waals surface area contributed by atoms with Gasteiger partial charge >= 0.3 is 12.3 Å². The first-order valence-corrected chi connectivity index (χ1v) is 8.01. The molecule has 2 rings (SSSR count).